The molecule has 0 aromatic heterocycles. The minimum Gasteiger partial charge on any atom is -0.129 e. The number of rotatable bonds is 2. The van der Waals surface area contributed by atoms with Crippen LogP contribution in [-0.2, 0) is 0 Å². The zero-order valence-electron chi connectivity index (χ0n) is 8.47. The Morgan fingerprint density at radius 1 is 0.692 bits per heavy atom. The molecule has 0 aromatic rings. The molecule has 0 saturated heterocycles. The fourth-order valence-electron chi connectivity index (χ4n) is 2.58. The molecule has 72 valence electrons. The molecule has 2 aliphatic carbocycles. The third-order valence-electron chi connectivity index (χ3n) is 3.46. The van der Waals surface area contributed by atoms with Crippen molar-refractivity contribution in [1.29, 1.82) is 0 Å². The zero-order chi connectivity index (χ0) is 8.93. The second-order valence-electron chi connectivity index (χ2n) is 4.59. The van der Waals surface area contributed by atoms with Crippen molar-refractivity contribution < 1.29 is 0 Å². The van der Waals surface area contributed by atoms with E-state index in [1.54, 1.807) is 0 Å². The summed E-state index contributed by atoms with van der Waals surface area (Å²) in [4.78, 5) is 0. The van der Waals surface area contributed by atoms with E-state index in [2.05, 4.69) is 17.9 Å². The molecule has 0 N–H and O–H groups in total. The van der Waals surface area contributed by atoms with Crippen molar-refractivity contribution in [2.75, 3.05) is 0 Å². The molecule has 0 bridgehead atoms. The van der Waals surface area contributed by atoms with Crippen molar-refractivity contribution in [3.05, 3.63) is 17.9 Å². The van der Waals surface area contributed by atoms with E-state index in [1.807, 2.05) is 0 Å². The monoisotopic (exact) mass is 176 g/mol. The van der Waals surface area contributed by atoms with Gasteiger partial charge in [-0.15, -0.1) is 5.73 Å². The van der Waals surface area contributed by atoms with Gasteiger partial charge in [0.15, 0.2) is 0 Å². The Labute approximate surface area is 81.7 Å². The lowest BCUT2D eigenvalue weighted by Gasteiger charge is -1.98. The molecule has 2 aliphatic rings. The van der Waals surface area contributed by atoms with Crippen LogP contribution in [0.4, 0.5) is 0 Å². The summed E-state index contributed by atoms with van der Waals surface area (Å²) in [5.41, 5.74) is 3.42. The van der Waals surface area contributed by atoms with Crippen molar-refractivity contribution >= 4 is 0 Å². The Morgan fingerprint density at radius 2 is 1.08 bits per heavy atom. The van der Waals surface area contributed by atoms with Crippen LogP contribution in [-0.4, -0.2) is 0 Å². The van der Waals surface area contributed by atoms with Gasteiger partial charge in [0.1, 0.15) is 0 Å². The average Bonchev–Trinajstić information content (AvgIpc) is 2.75. The maximum Gasteiger partial charge on any atom is -0.0158 e. The largest absolute Gasteiger partial charge is 0.129 e. The second kappa shape index (κ2) is 4.67. The molecule has 0 aromatic carbocycles. The van der Waals surface area contributed by atoms with E-state index < -0.39 is 0 Å². The average molecular weight is 176 g/mol. The topological polar surface area (TPSA) is 0 Å². The summed E-state index contributed by atoms with van der Waals surface area (Å²) in [6.45, 7) is 0. The first-order chi connectivity index (χ1) is 6.45. The van der Waals surface area contributed by atoms with E-state index in [9.17, 15) is 0 Å². The molecule has 2 rings (SSSR count). The predicted octanol–water partition coefficient (Wildman–Crippen LogP) is 4.08. The SMILES string of the molecule is C(=CC1CCCC1)=CC1CCCC1. The van der Waals surface area contributed by atoms with E-state index in [4.69, 9.17) is 0 Å². The maximum atomic E-state index is 3.42. The van der Waals surface area contributed by atoms with Gasteiger partial charge in [-0.3, -0.25) is 0 Å². The number of hydrogen-bond acceptors (Lipinski definition) is 0. The van der Waals surface area contributed by atoms with Gasteiger partial charge in [0, 0.05) is 0 Å². The summed E-state index contributed by atoms with van der Waals surface area (Å²) in [6, 6.07) is 0. The first-order valence-electron chi connectivity index (χ1n) is 5.88. The predicted molar refractivity (Wildman–Crippen MR) is 56.6 cm³/mol. The van der Waals surface area contributed by atoms with Crippen LogP contribution in [0.5, 0.6) is 0 Å². The number of allylic oxidation sites excluding steroid dienone is 1. The summed E-state index contributed by atoms with van der Waals surface area (Å²) >= 11 is 0. The van der Waals surface area contributed by atoms with Gasteiger partial charge in [-0.05, 0) is 49.7 Å². The normalized spacial score (nSPS) is 24.6. The molecule has 0 heterocycles. The van der Waals surface area contributed by atoms with Gasteiger partial charge < -0.3 is 0 Å². The van der Waals surface area contributed by atoms with Gasteiger partial charge in [-0.2, -0.15) is 0 Å². The van der Waals surface area contributed by atoms with Crippen LogP contribution >= 0.6 is 0 Å². The Morgan fingerprint density at radius 3 is 1.46 bits per heavy atom. The van der Waals surface area contributed by atoms with Gasteiger partial charge in [0.05, 0.1) is 0 Å². The second-order valence-corrected chi connectivity index (χ2v) is 4.59. The van der Waals surface area contributed by atoms with Crippen LogP contribution in [0.1, 0.15) is 51.4 Å². The molecule has 2 fully saturated rings. The van der Waals surface area contributed by atoms with Crippen LogP contribution in [0, 0.1) is 11.8 Å². The van der Waals surface area contributed by atoms with Gasteiger partial charge in [0.2, 0.25) is 0 Å². The van der Waals surface area contributed by atoms with Gasteiger partial charge in [0.25, 0.3) is 0 Å². The lowest BCUT2D eigenvalue weighted by atomic mass is 10.1. The van der Waals surface area contributed by atoms with E-state index in [-0.39, 0.29) is 0 Å². The minimum atomic E-state index is 0.859. The lowest BCUT2D eigenvalue weighted by molar-refractivity contribution is 0.676. The third-order valence-corrected chi connectivity index (χ3v) is 3.46. The molecule has 0 atom stereocenters. The highest BCUT2D eigenvalue weighted by atomic mass is 14.2. The first kappa shape index (κ1) is 9.09. The summed E-state index contributed by atoms with van der Waals surface area (Å²) in [7, 11) is 0. The summed E-state index contributed by atoms with van der Waals surface area (Å²) in [5.74, 6) is 1.72. The molecule has 0 spiro atoms. The molecule has 0 heteroatoms. The van der Waals surface area contributed by atoms with Crippen LogP contribution in [0.3, 0.4) is 0 Å². The molecule has 13 heavy (non-hydrogen) atoms. The fraction of sp³-hybridized carbons (Fsp3) is 0.769. The fourth-order valence-corrected chi connectivity index (χ4v) is 2.58. The quantitative estimate of drug-likeness (QED) is 0.556. The zero-order valence-corrected chi connectivity index (χ0v) is 8.47. The Balaban J connectivity index is 1.80. The van der Waals surface area contributed by atoms with Crippen LogP contribution in [0.2, 0.25) is 0 Å². The van der Waals surface area contributed by atoms with Crippen molar-refractivity contribution in [1.82, 2.24) is 0 Å². The first-order valence-corrected chi connectivity index (χ1v) is 5.88. The molecular formula is C13H20. The van der Waals surface area contributed by atoms with Crippen molar-refractivity contribution in [3.8, 4) is 0 Å². The van der Waals surface area contributed by atoms with Crippen LogP contribution in [0.25, 0.3) is 0 Å². The Hall–Kier alpha value is -0.480. The van der Waals surface area contributed by atoms with E-state index in [0.29, 0.717) is 0 Å². The van der Waals surface area contributed by atoms with Crippen LogP contribution in [0.15, 0.2) is 17.9 Å². The van der Waals surface area contributed by atoms with Crippen molar-refractivity contribution in [2.24, 2.45) is 11.8 Å². The highest BCUT2D eigenvalue weighted by Crippen LogP contribution is 2.27. The van der Waals surface area contributed by atoms with E-state index >= 15 is 0 Å². The Bertz CT molecular complexity index is 176. The summed E-state index contributed by atoms with van der Waals surface area (Å²) < 4.78 is 0. The maximum absolute atomic E-state index is 3.42. The highest BCUT2D eigenvalue weighted by molar-refractivity contribution is 4.95. The lowest BCUT2D eigenvalue weighted by Crippen LogP contribution is -1.86. The smallest absolute Gasteiger partial charge is 0.0158 e. The Kier molecular flexibility index (Phi) is 3.27. The van der Waals surface area contributed by atoms with Gasteiger partial charge in [-0.1, -0.05) is 25.7 Å². The molecule has 0 unspecified atom stereocenters. The molecule has 0 amide bonds. The molecule has 0 radical (unpaired) electrons. The van der Waals surface area contributed by atoms with Crippen LogP contribution < -0.4 is 0 Å². The van der Waals surface area contributed by atoms with E-state index in [1.165, 1.54) is 51.4 Å². The molecule has 0 nitrogen and oxygen atoms in total. The number of hydrogen-bond donors (Lipinski definition) is 0. The standard InChI is InChI=1S/C13H20/c1-2-7-12(6-1)10-5-11-13-8-3-4-9-13/h10-13H,1-4,6-9H2. The van der Waals surface area contributed by atoms with Gasteiger partial charge in [-0.25, -0.2) is 0 Å². The third kappa shape index (κ3) is 2.74. The van der Waals surface area contributed by atoms with Crippen molar-refractivity contribution in [3.63, 3.8) is 0 Å². The van der Waals surface area contributed by atoms with E-state index in [0.717, 1.165) is 11.8 Å². The summed E-state index contributed by atoms with van der Waals surface area (Å²) in [5, 5.41) is 0. The van der Waals surface area contributed by atoms with Crippen molar-refractivity contribution in [2.45, 2.75) is 51.4 Å². The molecule has 0 aliphatic heterocycles. The van der Waals surface area contributed by atoms with Gasteiger partial charge >= 0.3 is 0 Å². The summed E-state index contributed by atoms with van der Waals surface area (Å²) in [6.07, 6.45) is 16.0. The highest BCUT2D eigenvalue weighted by Gasteiger charge is 2.12. The minimum absolute atomic E-state index is 0.859. The molecule has 2 saturated carbocycles. The molecular weight excluding hydrogens is 156 g/mol.